The van der Waals surface area contributed by atoms with Gasteiger partial charge in [0.05, 0.1) is 11.5 Å². The zero-order valence-electron chi connectivity index (χ0n) is 4.60. The third kappa shape index (κ3) is 1.34. The Bertz CT molecular complexity index is 68.8. The highest BCUT2D eigenvalue weighted by Crippen LogP contribution is 2.08. The van der Waals surface area contributed by atoms with Crippen molar-refractivity contribution >= 4 is 11.6 Å². The molecule has 2 N–H and O–H groups in total. The molecule has 1 saturated heterocycles. The van der Waals surface area contributed by atoms with E-state index in [4.69, 9.17) is 16.7 Å². The van der Waals surface area contributed by atoms with Crippen molar-refractivity contribution in [1.29, 1.82) is 0 Å². The van der Waals surface area contributed by atoms with Crippen molar-refractivity contribution in [2.75, 3.05) is 13.1 Å². The van der Waals surface area contributed by atoms with Gasteiger partial charge in [0, 0.05) is 6.54 Å². The van der Waals surface area contributed by atoms with Gasteiger partial charge in [0.2, 0.25) is 0 Å². The number of aliphatic hydroxyl groups excluding tert-OH is 1. The van der Waals surface area contributed by atoms with Crippen LogP contribution in [0.4, 0.5) is 0 Å². The first-order chi connectivity index (χ1) is 3.80. The van der Waals surface area contributed by atoms with Gasteiger partial charge in [-0.05, 0) is 13.0 Å². The number of rotatable bonds is 0. The van der Waals surface area contributed by atoms with Crippen molar-refractivity contribution in [3.05, 3.63) is 0 Å². The summed E-state index contributed by atoms with van der Waals surface area (Å²) in [5.41, 5.74) is 0. The SMILES string of the molecule is OC1CCNCC1Cl. The predicted octanol–water partition coefficient (Wildman–Crippen LogP) is -0.0520. The van der Waals surface area contributed by atoms with E-state index in [1.165, 1.54) is 0 Å². The van der Waals surface area contributed by atoms with Gasteiger partial charge in [0.1, 0.15) is 0 Å². The maximum absolute atomic E-state index is 9.01. The zero-order valence-corrected chi connectivity index (χ0v) is 5.36. The highest BCUT2D eigenvalue weighted by Gasteiger charge is 2.19. The molecule has 0 aromatic rings. The lowest BCUT2D eigenvalue weighted by Crippen LogP contribution is -2.40. The molecule has 1 heterocycles. The van der Waals surface area contributed by atoms with Gasteiger partial charge in [-0.2, -0.15) is 0 Å². The van der Waals surface area contributed by atoms with Gasteiger partial charge < -0.3 is 10.4 Å². The summed E-state index contributed by atoms with van der Waals surface area (Å²) in [6.45, 7) is 1.63. The van der Waals surface area contributed by atoms with Crippen molar-refractivity contribution in [3.8, 4) is 0 Å². The Morgan fingerprint density at radius 1 is 1.62 bits per heavy atom. The second-order valence-electron chi connectivity index (χ2n) is 2.08. The first-order valence-electron chi connectivity index (χ1n) is 2.83. The molecule has 8 heavy (non-hydrogen) atoms. The van der Waals surface area contributed by atoms with E-state index in [0.29, 0.717) is 0 Å². The number of piperidine rings is 1. The molecule has 0 saturated carbocycles. The summed E-state index contributed by atoms with van der Waals surface area (Å²) in [6, 6.07) is 0. The van der Waals surface area contributed by atoms with Crippen molar-refractivity contribution in [3.63, 3.8) is 0 Å². The lowest BCUT2D eigenvalue weighted by Gasteiger charge is -2.22. The molecule has 0 aliphatic carbocycles. The largest absolute Gasteiger partial charge is 0.391 e. The average Bonchev–Trinajstić information content (AvgIpc) is 1.77. The van der Waals surface area contributed by atoms with Crippen LogP contribution in [-0.4, -0.2) is 29.7 Å². The van der Waals surface area contributed by atoms with E-state index >= 15 is 0 Å². The molecule has 48 valence electrons. The van der Waals surface area contributed by atoms with Crippen molar-refractivity contribution in [2.45, 2.75) is 17.9 Å². The van der Waals surface area contributed by atoms with Gasteiger partial charge in [-0.15, -0.1) is 11.6 Å². The van der Waals surface area contributed by atoms with Crippen LogP contribution in [0.2, 0.25) is 0 Å². The summed E-state index contributed by atoms with van der Waals surface area (Å²) in [5.74, 6) is 0. The fourth-order valence-corrected chi connectivity index (χ4v) is 1.04. The molecule has 1 rings (SSSR count). The van der Waals surface area contributed by atoms with E-state index in [-0.39, 0.29) is 11.5 Å². The van der Waals surface area contributed by atoms with E-state index in [0.717, 1.165) is 19.5 Å². The quantitative estimate of drug-likeness (QED) is 0.457. The molecule has 1 aliphatic heterocycles. The molecule has 0 aromatic heterocycles. The molecule has 3 heteroatoms. The van der Waals surface area contributed by atoms with Crippen LogP contribution < -0.4 is 5.32 Å². The Kier molecular flexibility index (Phi) is 2.11. The predicted molar refractivity (Wildman–Crippen MR) is 33.1 cm³/mol. The molecular weight excluding hydrogens is 126 g/mol. The third-order valence-corrected chi connectivity index (χ3v) is 1.82. The van der Waals surface area contributed by atoms with E-state index in [2.05, 4.69) is 5.32 Å². The molecule has 0 bridgehead atoms. The zero-order chi connectivity index (χ0) is 5.98. The molecule has 2 atom stereocenters. The molecule has 2 nitrogen and oxygen atoms in total. The Morgan fingerprint density at radius 2 is 2.38 bits per heavy atom. The van der Waals surface area contributed by atoms with E-state index in [1.807, 2.05) is 0 Å². The van der Waals surface area contributed by atoms with Gasteiger partial charge in [-0.25, -0.2) is 0 Å². The Labute approximate surface area is 53.8 Å². The topological polar surface area (TPSA) is 32.3 Å². The maximum atomic E-state index is 9.01. The second kappa shape index (κ2) is 2.67. The highest BCUT2D eigenvalue weighted by molar-refractivity contribution is 6.21. The minimum atomic E-state index is -0.294. The van der Waals surface area contributed by atoms with Gasteiger partial charge in [0.25, 0.3) is 0 Å². The van der Waals surface area contributed by atoms with Gasteiger partial charge in [-0.3, -0.25) is 0 Å². The summed E-state index contributed by atoms with van der Waals surface area (Å²) in [4.78, 5) is 0. The van der Waals surface area contributed by atoms with E-state index in [9.17, 15) is 0 Å². The summed E-state index contributed by atoms with van der Waals surface area (Å²) in [7, 11) is 0. The highest BCUT2D eigenvalue weighted by atomic mass is 35.5. The minimum absolute atomic E-state index is 0.0799. The standard InChI is InChI=1S/C5H10ClNO/c6-4-3-7-2-1-5(4)8/h4-5,7-8H,1-3H2. The van der Waals surface area contributed by atoms with Crippen LogP contribution in [0, 0.1) is 0 Å². The van der Waals surface area contributed by atoms with Crippen LogP contribution in [0.5, 0.6) is 0 Å². The first-order valence-corrected chi connectivity index (χ1v) is 3.27. The molecule has 0 radical (unpaired) electrons. The van der Waals surface area contributed by atoms with E-state index in [1.54, 1.807) is 0 Å². The third-order valence-electron chi connectivity index (χ3n) is 1.37. The Morgan fingerprint density at radius 3 is 2.75 bits per heavy atom. The fraction of sp³-hybridized carbons (Fsp3) is 1.00. The number of halogens is 1. The second-order valence-corrected chi connectivity index (χ2v) is 2.64. The lowest BCUT2D eigenvalue weighted by molar-refractivity contribution is 0.141. The molecule has 0 aromatic carbocycles. The summed E-state index contributed by atoms with van der Waals surface area (Å²) < 4.78 is 0. The monoisotopic (exact) mass is 135 g/mol. The van der Waals surface area contributed by atoms with Crippen molar-refractivity contribution < 1.29 is 5.11 Å². The molecule has 1 aliphatic rings. The minimum Gasteiger partial charge on any atom is -0.391 e. The van der Waals surface area contributed by atoms with Crippen molar-refractivity contribution in [2.24, 2.45) is 0 Å². The van der Waals surface area contributed by atoms with Crippen LogP contribution in [0.1, 0.15) is 6.42 Å². The summed E-state index contributed by atoms with van der Waals surface area (Å²) in [5, 5.41) is 12.0. The number of alkyl halides is 1. The Hall–Kier alpha value is 0.210. The average molecular weight is 136 g/mol. The maximum Gasteiger partial charge on any atom is 0.0728 e. The van der Waals surface area contributed by atoms with Gasteiger partial charge in [-0.1, -0.05) is 0 Å². The molecule has 2 unspecified atom stereocenters. The normalized spacial score (nSPS) is 39.8. The van der Waals surface area contributed by atoms with Gasteiger partial charge >= 0.3 is 0 Å². The Balaban J connectivity index is 2.28. The van der Waals surface area contributed by atoms with Crippen LogP contribution >= 0.6 is 11.6 Å². The molecular formula is C5H10ClNO. The van der Waals surface area contributed by atoms with Crippen LogP contribution in [-0.2, 0) is 0 Å². The van der Waals surface area contributed by atoms with Crippen molar-refractivity contribution in [1.82, 2.24) is 5.32 Å². The molecule has 1 fully saturated rings. The van der Waals surface area contributed by atoms with E-state index < -0.39 is 0 Å². The fourth-order valence-electron chi connectivity index (χ4n) is 0.807. The molecule has 0 spiro atoms. The smallest absolute Gasteiger partial charge is 0.0728 e. The first kappa shape index (κ1) is 6.33. The van der Waals surface area contributed by atoms with Crippen LogP contribution in [0.15, 0.2) is 0 Å². The molecule has 0 amide bonds. The number of nitrogens with one attached hydrogen (secondary N) is 1. The lowest BCUT2D eigenvalue weighted by atomic mass is 10.1. The van der Waals surface area contributed by atoms with Crippen LogP contribution in [0.25, 0.3) is 0 Å². The number of hydrogen-bond acceptors (Lipinski definition) is 2. The number of aliphatic hydroxyl groups is 1. The van der Waals surface area contributed by atoms with Gasteiger partial charge in [0.15, 0.2) is 0 Å². The summed E-state index contributed by atoms with van der Waals surface area (Å²) >= 11 is 5.65. The summed E-state index contributed by atoms with van der Waals surface area (Å²) in [6.07, 6.45) is 0.492. The number of hydrogen-bond donors (Lipinski definition) is 2. The van der Waals surface area contributed by atoms with Crippen LogP contribution in [0.3, 0.4) is 0 Å².